The molecule has 0 rings (SSSR count). The van der Waals surface area contributed by atoms with E-state index < -0.39 is 0 Å². The summed E-state index contributed by atoms with van der Waals surface area (Å²) in [6.07, 6.45) is 1.16. The number of rotatable bonds is 5. The number of likely N-dealkylation sites (N-methyl/N-ethyl adjacent to an activating group) is 1. The highest BCUT2D eigenvalue weighted by atomic mass is 16.5. The Morgan fingerprint density at radius 2 is 1.88 bits per heavy atom. The van der Waals surface area contributed by atoms with Crippen LogP contribution in [-0.2, 0) is 19.1 Å². The van der Waals surface area contributed by atoms with Gasteiger partial charge in [-0.25, -0.2) is 9.59 Å². The van der Waals surface area contributed by atoms with Gasteiger partial charge in [-0.2, -0.15) is 0 Å². The van der Waals surface area contributed by atoms with Gasteiger partial charge in [0.1, 0.15) is 6.61 Å². The minimum absolute atomic E-state index is 0.347. The first-order chi connectivity index (χ1) is 7.84. The summed E-state index contributed by atoms with van der Waals surface area (Å²) < 4.78 is 8.98. The predicted octanol–water partition coefficient (Wildman–Crippen LogP) is 1.01. The van der Waals surface area contributed by atoms with Crippen molar-refractivity contribution in [3.63, 3.8) is 0 Å². The molecule has 0 aliphatic carbocycles. The predicted molar refractivity (Wildman–Crippen MR) is 66.5 cm³/mol. The highest BCUT2D eigenvalue weighted by Gasteiger charge is 1.95. The monoisotopic (exact) mass is 243 g/mol. The Morgan fingerprint density at radius 3 is 2.12 bits per heavy atom. The summed E-state index contributed by atoms with van der Waals surface area (Å²) in [6, 6.07) is 0. The molecule has 0 aromatic carbocycles. The van der Waals surface area contributed by atoms with Crippen molar-refractivity contribution in [3.8, 4) is 0 Å². The topological polar surface area (TPSA) is 55.8 Å². The van der Waals surface area contributed by atoms with E-state index in [1.165, 1.54) is 7.11 Å². The number of esters is 2. The lowest BCUT2D eigenvalue weighted by Gasteiger charge is -2.07. The molecule has 0 unspecified atom stereocenters. The molecule has 17 heavy (non-hydrogen) atoms. The summed E-state index contributed by atoms with van der Waals surface area (Å²) in [4.78, 5) is 22.6. The zero-order valence-electron chi connectivity index (χ0n) is 11.0. The van der Waals surface area contributed by atoms with Crippen LogP contribution in [0, 0.1) is 0 Å². The molecule has 0 saturated carbocycles. The minimum atomic E-state index is -0.359. The van der Waals surface area contributed by atoms with E-state index in [9.17, 15) is 9.59 Å². The molecule has 0 N–H and O–H groups in total. The molecule has 0 saturated heterocycles. The summed E-state index contributed by atoms with van der Waals surface area (Å²) >= 11 is 0. The van der Waals surface area contributed by atoms with Gasteiger partial charge in [-0.3, -0.25) is 0 Å². The Balaban J connectivity index is 0. The molecule has 0 aliphatic rings. The normalized spacial score (nSPS) is 8.76. The number of carbonyl (C=O) groups is 2. The maximum Gasteiger partial charge on any atom is 0.332 e. The van der Waals surface area contributed by atoms with E-state index >= 15 is 0 Å². The van der Waals surface area contributed by atoms with Crippen molar-refractivity contribution in [2.75, 3.05) is 34.4 Å². The molecule has 5 nitrogen and oxygen atoms in total. The number of ether oxygens (including phenoxy) is 2. The van der Waals surface area contributed by atoms with Crippen LogP contribution in [0.5, 0.6) is 0 Å². The molecule has 0 spiro atoms. The van der Waals surface area contributed by atoms with E-state index in [4.69, 9.17) is 4.74 Å². The molecule has 0 aromatic heterocycles. The lowest BCUT2D eigenvalue weighted by Crippen LogP contribution is -2.19. The molecule has 0 heterocycles. The molecule has 0 aromatic rings. The summed E-state index contributed by atoms with van der Waals surface area (Å²) in [5, 5.41) is 0. The molecule has 0 radical (unpaired) electrons. The zero-order chi connectivity index (χ0) is 13.8. The van der Waals surface area contributed by atoms with Crippen molar-refractivity contribution >= 4 is 11.9 Å². The van der Waals surface area contributed by atoms with E-state index in [1.54, 1.807) is 6.92 Å². The Morgan fingerprint density at radius 1 is 1.35 bits per heavy atom. The first-order valence-corrected chi connectivity index (χ1v) is 5.02. The van der Waals surface area contributed by atoms with Crippen molar-refractivity contribution < 1.29 is 19.1 Å². The van der Waals surface area contributed by atoms with Gasteiger partial charge in [0, 0.05) is 18.2 Å². The van der Waals surface area contributed by atoms with Gasteiger partial charge in [-0.15, -0.1) is 0 Å². The third-order valence-electron chi connectivity index (χ3n) is 1.48. The van der Waals surface area contributed by atoms with Gasteiger partial charge in [-0.1, -0.05) is 13.2 Å². The van der Waals surface area contributed by atoms with Gasteiger partial charge in [-0.05, 0) is 21.0 Å². The molecule has 5 heteroatoms. The number of hydrogen-bond donors (Lipinski definition) is 0. The second-order valence-electron chi connectivity index (χ2n) is 3.45. The van der Waals surface area contributed by atoms with E-state index in [0.717, 1.165) is 12.6 Å². The van der Waals surface area contributed by atoms with Gasteiger partial charge < -0.3 is 14.4 Å². The lowest BCUT2D eigenvalue weighted by atomic mass is 10.4. The number of methoxy groups -OCH3 is 1. The van der Waals surface area contributed by atoms with Gasteiger partial charge in [0.15, 0.2) is 0 Å². The van der Waals surface area contributed by atoms with E-state index in [-0.39, 0.29) is 11.9 Å². The van der Waals surface area contributed by atoms with Crippen molar-refractivity contribution in [1.29, 1.82) is 0 Å². The summed E-state index contributed by atoms with van der Waals surface area (Å²) in [7, 11) is 5.17. The van der Waals surface area contributed by atoms with E-state index in [0.29, 0.717) is 12.2 Å². The maximum atomic E-state index is 10.4. The SMILES string of the molecule is C=C(C)C(=O)OC.C=CC(=O)OCCN(C)C. The molecule has 98 valence electrons. The zero-order valence-corrected chi connectivity index (χ0v) is 11.0. The fourth-order valence-electron chi connectivity index (χ4n) is 0.562. The maximum absolute atomic E-state index is 10.4. The van der Waals surface area contributed by atoms with Crippen LogP contribution < -0.4 is 0 Å². The van der Waals surface area contributed by atoms with Crippen LogP contribution in [0.2, 0.25) is 0 Å². The second-order valence-corrected chi connectivity index (χ2v) is 3.45. The largest absolute Gasteiger partial charge is 0.466 e. The fraction of sp³-hybridized carbons (Fsp3) is 0.500. The molecule has 0 fully saturated rings. The molecule has 0 bridgehead atoms. The van der Waals surface area contributed by atoms with Crippen molar-refractivity contribution in [3.05, 3.63) is 24.8 Å². The Bertz CT molecular complexity index is 272. The number of carbonyl (C=O) groups excluding carboxylic acids is 2. The van der Waals surface area contributed by atoms with Crippen LogP contribution in [0.4, 0.5) is 0 Å². The van der Waals surface area contributed by atoms with Crippen molar-refractivity contribution in [1.82, 2.24) is 4.90 Å². The van der Waals surface area contributed by atoms with Crippen LogP contribution in [0.1, 0.15) is 6.92 Å². The summed E-state index contributed by atoms with van der Waals surface area (Å²) in [5.41, 5.74) is 0.433. The molecule has 0 amide bonds. The van der Waals surface area contributed by atoms with Crippen LogP contribution in [-0.4, -0.2) is 51.2 Å². The van der Waals surface area contributed by atoms with Crippen LogP contribution in [0.3, 0.4) is 0 Å². The van der Waals surface area contributed by atoms with Crippen molar-refractivity contribution in [2.24, 2.45) is 0 Å². The Labute approximate surface area is 103 Å². The summed E-state index contributed by atoms with van der Waals surface area (Å²) in [5.74, 6) is -0.707. The first-order valence-electron chi connectivity index (χ1n) is 5.02. The van der Waals surface area contributed by atoms with Gasteiger partial charge in [0.2, 0.25) is 0 Å². The van der Waals surface area contributed by atoms with Crippen LogP contribution in [0.15, 0.2) is 24.8 Å². The average Bonchev–Trinajstić information content (AvgIpc) is 2.27. The fourth-order valence-corrected chi connectivity index (χ4v) is 0.562. The first kappa shape index (κ1) is 17.8. The lowest BCUT2D eigenvalue weighted by molar-refractivity contribution is -0.138. The standard InChI is InChI=1S/C7H13NO2.C5H8O2/c1-4-7(9)10-6-5-8(2)3;1-4(2)5(6)7-3/h4H,1,5-6H2,2-3H3;1H2,2-3H3. The Hall–Kier alpha value is -1.62. The third-order valence-corrected chi connectivity index (χ3v) is 1.48. The van der Waals surface area contributed by atoms with Gasteiger partial charge in [0.05, 0.1) is 7.11 Å². The van der Waals surface area contributed by atoms with Gasteiger partial charge >= 0.3 is 11.9 Å². The number of hydrogen-bond acceptors (Lipinski definition) is 5. The van der Waals surface area contributed by atoms with E-state index in [1.807, 2.05) is 19.0 Å². The van der Waals surface area contributed by atoms with Gasteiger partial charge in [0.25, 0.3) is 0 Å². The van der Waals surface area contributed by atoms with Crippen molar-refractivity contribution in [2.45, 2.75) is 6.92 Å². The minimum Gasteiger partial charge on any atom is -0.466 e. The Kier molecular flexibility index (Phi) is 11.4. The number of nitrogens with zero attached hydrogens (tertiary/aromatic N) is 1. The average molecular weight is 243 g/mol. The highest BCUT2D eigenvalue weighted by molar-refractivity contribution is 5.86. The quantitative estimate of drug-likeness (QED) is 0.533. The van der Waals surface area contributed by atoms with Crippen LogP contribution in [0.25, 0.3) is 0 Å². The second kappa shape index (κ2) is 10.9. The summed E-state index contributed by atoms with van der Waals surface area (Å²) in [6.45, 7) is 9.40. The molecular formula is C12H21NO4. The smallest absolute Gasteiger partial charge is 0.332 e. The third kappa shape index (κ3) is 14.4. The molecular weight excluding hydrogens is 222 g/mol. The molecule has 0 atom stereocenters. The van der Waals surface area contributed by atoms with Crippen LogP contribution >= 0.6 is 0 Å². The van der Waals surface area contributed by atoms with E-state index in [2.05, 4.69) is 17.9 Å². The molecule has 0 aliphatic heterocycles. The highest BCUT2D eigenvalue weighted by Crippen LogP contribution is 1.87.